The molecule has 1 aliphatic carbocycles. The summed E-state index contributed by atoms with van der Waals surface area (Å²) in [6.45, 7) is 1.11. The van der Waals surface area contributed by atoms with Crippen molar-refractivity contribution in [2.45, 2.75) is 31.2 Å². The Labute approximate surface area is 108 Å². The Hall–Kier alpha value is -1.35. The van der Waals surface area contributed by atoms with Crippen LogP contribution in [-0.2, 0) is 6.42 Å². The van der Waals surface area contributed by atoms with Crippen LogP contribution in [-0.4, -0.2) is 37.5 Å². The molecule has 3 rings (SSSR count). The number of piperidine rings is 1. The molecular weight excluding hydrogens is 224 g/mol. The van der Waals surface area contributed by atoms with Crippen molar-refractivity contribution in [3.63, 3.8) is 0 Å². The molecule has 3 nitrogen and oxygen atoms in total. The van der Waals surface area contributed by atoms with Gasteiger partial charge in [0.1, 0.15) is 0 Å². The molecule has 2 aliphatic rings. The molecule has 2 bridgehead atoms. The van der Waals surface area contributed by atoms with Crippen LogP contribution in [0.15, 0.2) is 18.2 Å². The highest BCUT2D eigenvalue weighted by atomic mass is 16.2. The van der Waals surface area contributed by atoms with Gasteiger partial charge < -0.3 is 10.2 Å². The summed E-state index contributed by atoms with van der Waals surface area (Å²) in [6.07, 6.45) is 3.54. The van der Waals surface area contributed by atoms with Crippen LogP contribution >= 0.6 is 0 Å². The summed E-state index contributed by atoms with van der Waals surface area (Å²) in [7, 11) is 3.62. The van der Waals surface area contributed by atoms with Gasteiger partial charge in [-0.1, -0.05) is 6.07 Å². The van der Waals surface area contributed by atoms with Crippen LogP contribution in [0.25, 0.3) is 0 Å². The number of carbonyl (C=O) groups excluding carboxylic acids is 1. The van der Waals surface area contributed by atoms with Crippen LogP contribution < -0.4 is 5.32 Å². The van der Waals surface area contributed by atoms with Crippen molar-refractivity contribution < 1.29 is 4.79 Å². The molecular formula is C15H20N2O. The summed E-state index contributed by atoms with van der Waals surface area (Å²) >= 11 is 0. The molecule has 96 valence electrons. The lowest BCUT2D eigenvalue weighted by molar-refractivity contribution is 0.0827. The van der Waals surface area contributed by atoms with E-state index in [1.165, 1.54) is 24.0 Å². The molecule has 1 amide bonds. The van der Waals surface area contributed by atoms with E-state index in [9.17, 15) is 4.79 Å². The highest BCUT2D eigenvalue weighted by Crippen LogP contribution is 2.36. The Balaban J connectivity index is 1.97. The number of amides is 1. The predicted octanol–water partition coefficient (Wildman–Crippen LogP) is 1.78. The highest BCUT2D eigenvalue weighted by Gasteiger charge is 2.30. The second kappa shape index (κ2) is 4.39. The summed E-state index contributed by atoms with van der Waals surface area (Å²) in [4.78, 5) is 13.7. The first-order chi connectivity index (χ1) is 8.65. The Kier molecular flexibility index (Phi) is 2.86. The van der Waals surface area contributed by atoms with E-state index >= 15 is 0 Å². The van der Waals surface area contributed by atoms with Gasteiger partial charge in [-0.2, -0.15) is 0 Å². The van der Waals surface area contributed by atoms with E-state index in [4.69, 9.17) is 0 Å². The predicted molar refractivity (Wildman–Crippen MR) is 71.9 cm³/mol. The minimum Gasteiger partial charge on any atom is -0.345 e. The number of nitrogens with one attached hydrogen (secondary N) is 1. The lowest BCUT2D eigenvalue weighted by Gasteiger charge is -2.37. The lowest BCUT2D eigenvalue weighted by Crippen LogP contribution is -2.42. The molecule has 18 heavy (non-hydrogen) atoms. The molecule has 1 N–H and O–H groups in total. The zero-order valence-electron chi connectivity index (χ0n) is 11.1. The first-order valence-electron chi connectivity index (χ1n) is 6.73. The SMILES string of the molecule is CN(C)C(=O)c1ccc2c(c1)C1CCNC(C2)C1. The summed E-state index contributed by atoms with van der Waals surface area (Å²) in [6, 6.07) is 6.90. The van der Waals surface area contributed by atoms with Gasteiger partial charge >= 0.3 is 0 Å². The quantitative estimate of drug-likeness (QED) is 0.816. The summed E-state index contributed by atoms with van der Waals surface area (Å²) in [5.74, 6) is 0.753. The first kappa shape index (κ1) is 11.7. The van der Waals surface area contributed by atoms with Gasteiger partial charge in [0.25, 0.3) is 5.91 Å². The molecule has 1 saturated heterocycles. The third kappa shape index (κ3) is 1.93. The Bertz CT molecular complexity index is 481. The number of fused-ring (bicyclic) bond motifs is 4. The van der Waals surface area contributed by atoms with E-state index < -0.39 is 0 Å². The largest absolute Gasteiger partial charge is 0.345 e. The maximum Gasteiger partial charge on any atom is 0.253 e. The average molecular weight is 244 g/mol. The maximum absolute atomic E-state index is 12.0. The Morgan fingerprint density at radius 1 is 1.39 bits per heavy atom. The van der Waals surface area contributed by atoms with Gasteiger partial charge in [0.05, 0.1) is 0 Å². The van der Waals surface area contributed by atoms with Crippen LogP contribution in [0.2, 0.25) is 0 Å². The number of rotatable bonds is 1. The van der Waals surface area contributed by atoms with Crippen molar-refractivity contribution in [2.24, 2.45) is 0 Å². The molecule has 1 aromatic rings. The van der Waals surface area contributed by atoms with Crippen LogP contribution in [0, 0.1) is 0 Å². The lowest BCUT2D eigenvalue weighted by atomic mass is 9.76. The van der Waals surface area contributed by atoms with Crippen molar-refractivity contribution in [3.8, 4) is 0 Å². The molecule has 3 heteroatoms. The number of carbonyl (C=O) groups is 1. The Morgan fingerprint density at radius 3 is 3.00 bits per heavy atom. The monoisotopic (exact) mass is 244 g/mol. The summed E-state index contributed by atoms with van der Waals surface area (Å²) < 4.78 is 0. The average Bonchev–Trinajstić information content (AvgIpc) is 2.38. The fraction of sp³-hybridized carbons (Fsp3) is 0.533. The van der Waals surface area contributed by atoms with Crippen LogP contribution in [0.3, 0.4) is 0 Å². The highest BCUT2D eigenvalue weighted by molar-refractivity contribution is 5.94. The number of nitrogens with zero attached hydrogens (tertiary/aromatic N) is 1. The molecule has 1 heterocycles. The standard InChI is InChI=1S/C15H20N2O/c1-17(2)15(18)12-4-3-10-7-13-8-11(5-6-16-13)14(10)9-12/h3-4,9,11,13,16H,5-8H2,1-2H3. The number of hydrogen-bond donors (Lipinski definition) is 1. The molecule has 0 radical (unpaired) electrons. The summed E-state index contributed by atoms with van der Waals surface area (Å²) in [5.41, 5.74) is 3.68. The number of benzene rings is 1. The fourth-order valence-electron chi connectivity index (χ4n) is 3.26. The molecule has 1 fully saturated rings. The first-order valence-corrected chi connectivity index (χ1v) is 6.73. The van der Waals surface area contributed by atoms with Gasteiger partial charge in [-0.05, 0) is 55.0 Å². The van der Waals surface area contributed by atoms with E-state index in [-0.39, 0.29) is 5.91 Å². The van der Waals surface area contributed by atoms with Crippen molar-refractivity contribution in [2.75, 3.05) is 20.6 Å². The Morgan fingerprint density at radius 2 is 2.22 bits per heavy atom. The zero-order valence-corrected chi connectivity index (χ0v) is 11.1. The van der Waals surface area contributed by atoms with Gasteiger partial charge in [0, 0.05) is 25.7 Å². The van der Waals surface area contributed by atoms with Crippen LogP contribution in [0.4, 0.5) is 0 Å². The molecule has 0 spiro atoms. The van der Waals surface area contributed by atoms with Crippen LogP contribution in [0.5, 0.6) is 0 Å². The normalized spacial score (nSPS) is 25.4. The zero-order chi connectivity index (χ0) is 12.7. The van der Waals surface area contributed by atoms with Crippen molar-refractivity contribution in [1.29, 1.82) is 0 Å². The molecule has 0 saturated carbocycles. The third-order valence-corrected chi connectivity index (χ3v) is 4.20. The minimum atomic E-state index is 0.105. The summed E-state index contributed by atoms with van der Waals surface area (Å²) in [5, 5.41) is 3.57. The van der Waals surface area contributed by atoms with Gasteiger partial charge in [-0.25, -0.2) is 0 Å². The molecule has 1 aromatic carbocycles. The van der Waals surface area contributed by atoms with E-state index in [2.05, 4.69) is 17.4 Å². The van der Waals surface area contributed by atoms with Crippen LogP contribution in [0.1, 0.15) is 40.2 Å². The molecule has 2 unspecified atom stereocenters. The van der Waals surface area contributed by atoms with E-state index in [1.807, 2.05) is 20.2 Å². The third-order valence-electron chi connectivity index (χ3n) is 4.20. The number of hydrogen-bond acceptors (Lipinski definition) is 2. The smallest absolute Gasteiger partial charge is 0.253 e. The maximum atomic E-state index is 12.0. The molecule has 0 aromatic heterocycles. The fourth-order valence-corrected chi connectivity index (χ4v) is 3.26. The second-order valence-corrected chi connectivity index (χ2v) is 5.69. The van der Waals surface area contributed by atoms with Gasteiger partial charge in [-0.3, -0.25) is 4.79 Å². The van der Waals surface area contributed by atoms with Crippen molar-refractivity contribution in [3.05, 3.63) is 34.9 Å². The second-order valence-electron chi connectivity index (χ2n) is 5.69. The van der Waals surface area contributed by atoms with E-state index in [1.54, 1.807) is 4.90 Å². The van der Waals surface area contributed by atoms with E-state index in [0.29, 0.717) is 12.0 Å². The van der Waals surface area contributed by atoms with Gasteiger partial charge in [0.2, 0.25) is 0 Å². The molecule has 2 atom stereocenters. The molecule has 1 aliphatic heterocycles. The van der Waals surface area contributed by atoms with Crippen molar-refractivity contribution >= 4 is 5.91 Å². The topological polar surface area (TPSA) is 32.3 Å². The van der Waals surface area contributed by atoms with Gasteiger partial charge in [-0.15, -0.1) is 0 Å². The van der Waals surface area contributed by atoms with Gasteiger partial charge in [0.15, 0.2) is 0 Å². The van der Waals surface area contributed by atoms with Crippen molar-refractivity contribution in [1.82, 2.24) is 10.2 Å². The van der Waals surface area contributed by atoms with E-state index in [0.717, 1.165) is 18.5 Å². The minimum absolute atomic E-state index is 0.105.